The zero-order chi connectivity index (χ0) is 30.4. The molecule has 224 valence electrons. The Kier molecular flexibility index (Phi) is 7.57. The van der Waals surface area contributed by atoms with E-state index in [1.807, 2.05) is 66.4 Å². The topological polar surface area (TPSA) is 68.4 Å². The van der Waals surface area contributed by atoms with Crippen molar-refractivity contribution in [3.05, 3.63) is 95.7 Å². The molecule has 2 amide bonds. The lowest BCUT2D eigenvalue weighted by Gasteiger charge is -2.40. The van der Waals surface area contributed by atoms with Gasteiger partial charge >= 0.3 is 0 Å². The normalized spacial score (nSPS) is 20.1. The van der Waals surface area contributed by atoms with E-state index in [1.165, 1.54) is 16.6 Å². The molecule has 6 nitrogen and oxygen atoms in total. The van der Waals surface area contributed by atoms with Crippen LogP contribution >= 0.6 is 0 Å². The van der Waals surface area contributed by atoms with E-state index in [4.69, 9.17) is 0 Å². The van der Waals surface area contributed by atoms with Gasteiger partial charge in [-0.25, -0.2) is 0 Å². The van der Waals surface area contributed by atoms with Crippen molar-refractivity contribution >= 4 is 34.1 Å². The molecule has 2 fully saturated rings. The van der Waals surface area contributed by atoms with Crippen LogP contribution < -0.4 is 10.2 Å². The van der Waals surface area contributed by atoms with Gasteiger partial charge in [-0.3, -0.25) is 9.59 Å². The Bertz CT molecular complexity index is 1610. The van der Waals surface area contributed by atoms with Crippen molar-refractivity contribution in [3.8, 4) is 0 Å². The summed E-state index contributed by atoms with van der Waals surface area (Å²) in [7, 11) is 4.00. The summed E-state index contributed by atoms with van der Waals surface area (Å²) < 4.78 is 0. The van der Waals surface area contributed by atoms with E-state index in [0.717, 1.165) is 35.3 Å². The Balaban J connectivity index is 1.30. The summed E-state index contributed by atoms with van der Waals surface area (Å²) in [4.78, 5) is 36.3. The van der Waals surface area contributed by atoms with Crippen molar-refractivity contribution in [2.45, 2.75) is 70.9 Å². The number of rotatable bonds is 9. The first kappa shape index (κ1) is 29.0. The van der Waals surface area contributed by atoms with E-state index in [0.29, 0.717) is 25.8 Å². The second kappa shape index (κ2) is 11.2. The number of aromatic nitrogens is 1. The van der Waals surface area contributed by atoms with Crippen LogP contribution in [-0.4, -0.2) is 41.3 Å². The molecule has 2 saturated carbocycles. The Morgan fingerprint density at radius 3 is 2.23 bits per heavy atom. The molecule has 2 atom stereocenters. The van der Waals surface area contributed by atoms with Crippen molar-refractivity contribution in [1.82, 2.24) is 9.88 Å². The molecule has 0 saturated heterocycles. The number of anilines is 2. The Hall–Kier alpha value is -4.06. The van der Waals surface area contributed by atoms with Gasteiger partial charge in [-0.05, 0) is 78.5 Å². The van der Waals surface area contributed by atoms with Crippen LogP contribution in [0.5, 0.6) is 0 Å². The molecule has 2 N–H and O–H groups in total. The highest BCUT2D eigenvalue weighted by Crippen LogP contribution is 2.67. The molecular formula is C37H44N4O2. The number of carbonyl (C=O) groups is 2. The molecule has 1 aromatic heterocycles. The Labute approximate surface area is 255 Å². The first-order valence-electron chi connectivity index (χ1n) is 15.6. The first-order chi connectivity index (χ1) is 20.6. The number of benzene rings is 3. The summed E-state index contributed by atoms with van der Waals surface area (Å²) in [5.74, 6) is 0.485. The van der Waals surface area contributed by atoms with Crippen LogP contribution in [0.15, 0.2) is 78.9 Å². The number of fused-ring (bicyclic) bond motifs is 1. The van der Waals surface area contributed by atoms with Gasteiger partial charge in [-0.1, -0.05) is 75.2 Å². The van der Waals surface area contributed by atoms with Crippen molar-refractivity contribution < 1.29 is 9.59 Å². The van der Waals surface area contributed by atoms with Crippen LogP contribution in [0, 0.1) is 18.3 Å². The number of aromatic amines is 1. The van der Waals surface area contributed by atoms with Gasteiger partial charge in [-0.2, -0.15) is 0 Å². The number of hydrogen-bond donors (Lipinski definition) is 2. The standard InChI is InChI=1S/C37H44N4O2/c1-25-33(29-15-9-10-16-31(29)38-25)34-30(36(34,2)3)23-32(42)41(24-26-13-7-6-8-14-26)37(21-11-12-22-37)35(43)39-27-17-19-28(20-18-27)40(4)5/h6-10,13-20,30,34,38H,11-12,21-24H2,1-5H3,(H,39,43)/t30-,34-/m1/s1. The number of hydrogen-bond acceptors (Lipinski definition) is 3. The van der Waals surface area contributed by atoms with Crippen molar-refractivity contribution in [3.63, 3.8) is 0 Å². The Morgan fingerprint density at radius 1 is 0.907 bits per heavy atom. The molecule has 2 aliphatic rings. The van der Waals surface area contributed by atoms with Gasteiger partial charge < -0.3 is 20.1 Å². The van der Waals surface area contributed by atoms with E-state index in [-0.39, 0.29) is 29.1 Å². The van der Waals surface area contributed by atoms with E-state index in [9.17, 15) is 9.59 Å². The van der Waals surface area contributed by atoms with Crippen LogP contribution in [0.1, 0.15) is 68.7 Å². The quantitative estimate of drug-likeness (QED) is 0.215. The number of H-pyrrole nitrogens is 1. The molecule has 1 heterocycles. The third kappa shape index (κ3) is 5.32. The summed E-state index contributed by atoms with van der Waals surface area (Å²) in [6, 6.07) is 26.5. The average molecular weight is 577 g/mol. The van der Waals surface area contributed by atoms with Crippen molar-refractivity contribution in [2.75, 3.05) is 24.3 Å². The van der Waals surface area contributed by atoms with Crippen LogP contribution in [0.4, 0.5) is 11.4 Å². The summed E-state index contributed by atoms with van der Waals surface area (Å²) in [6.07, 6.45) is 3.63. The van der Waals surface area contributed by atoms with Crippen molar-refractivity contribution in [1.29, 1.82) is 0 Å². The van der Waals surface area contributed by atoms with E-state index >= 15 is 0 Å². The average Bonchev–Trinajstić information content (AvgIpc) is 3.35. The second-order valence-corrected chi connectivity index (χ2v) is 13.4. The molecule has 43 heavy (non-hydrogen) atoms. The van der Waals surface area contributed by atoms with Gasteiger partial charge in [0.1, 0.15) is 5.54 Å². The third-order valence-electron chi connectivity index (χ3n) is 10.2. The van der Waals surface area contributed by atoms with Gasteiger partial charge in [0.2, 0.25) is 11.8 Å². The highest BCUT2D eigenvalue weighted by atomic mass is 16.2. The minimum Gasteiger partial charge on any atom is -0.378 e. The van der Waals surface area contributed by atoms with Gasteiger partial charge in [0.05, 0.1) is 0 Å². The van der Waals surface area contributed by atoms with Crippen LogP contribution in [0.25, 0.3) is 10.9 Å². The van der Waals surface area contributed by atoms with Crippen LogP contribution in [-0.2, 0) is 16.1 Å². The van der Waals surface area contributed by atoms with Gasteiger partial charge in [0.15, 0.2) is 0 Å². The maximum absolute atomic E-state index is 14.6. The molecular weight excluding hydrogens is 532 g/mol. The number of nitrogens with zero attached hydrogens (tertiary/aromatic N) is 2. The molecule has 6 rings (SSSR count). The van der Waals surface area contributed by atoms with Crippen molar-refractivity contribution in [2.24, 2.45) is 11.3 Å². The van der Waals surface area contributed by atoms with Crippen LogP contribution in [0.2, 0.25) is 0 Å². The minimum absolute atomic E-state index is 0.0108. The first-order valence-corrected chi connectivity index (χ1v) is 15.6. The van der Waals surface area contributed by atoms with E-state index in [1.54, 1.807) is 0 Å². The minimum atomic E-state index is -0.877. The summed E-state index contributed by atoms with van der Waals surface area (Å²) in [5.41, 5.74) is 5.65. The predicted octanol–water partition coefficient (Wildman–Crippen LogP) is 7.65. The molecule has 0 spiro atoms. The number of para-hydroxylation sites is 1. The third-order valence-corrected chi connectivity index (χ3v) is 10.2. The molecule has 0 radical (unpaired) electrons. The highest BCUT2D eigenvalue weighted by Gasteiger charge is 2.60. The lowest BCUT2D eigenvalue weighted by atomic mass is 9.91. The van der Waals surface area contributed by atoms with Crippen LogP contribution in [0.3, 0.4) is 0 Å². The number of nitrogens with one attached hydrogen (secondary N) is 2. The largest absolute Gasteiger partial charge is 0.378 e. The fourth-order valence-electron chi connectivity index (χ4n) is 7.61. The fraction of sp³-hybridized carbons (Fsp3) is 0.405. The maximum Gasteiger partial charge on any atom is 0.250 e. The zero-order valence-electron chi connectivity index (χ0n) is 26.1. The SMILES string of the molecule is Cc1[nH]c2ccccc2c1[C@H]1[C@@H](CC(=O)N(Cc2ccccc2)C2(C(=O)Nc3ccc(N(C)C)cc3)CCCC2)C1(C)C. The fourth-order valence-corrected chi connectivity index (χ4v) is 7.61. The molecule has 3 aromatic carbocycles. The van der Waals surface area contributed by atoms with E-state index < -0.39 is 5.54 Å². The molecule has 0 bridgehead atoms. The molecule has 6 heteroatoms. The maximum atomic E-state index is 14.6. The molecule has 0 unspecified atom stereocenters. The summed E-state index contributed by atoms with van der Waals surface area (Å²) in [6.45, 7) is 7.14. The second-order valence-electron chi connectivity index (χ2n) is 13.4. The monoisotopic (exact) mass is 576 g/mol. The smallest absolute Gasteiger partial charge is 0.250 e. The lowest BCUT2D eigenvalue weighted by Crippen LogP contribution is -2.57. The number of aryl methyl sites for hydroxylation is 1. The predicted molar refractivity (Wildman–Crippen MR) is 175 cm³/mol. The molecule has 2 aliphatic carbocycles. The van der Waals surface area contributed by atoms with Gasteiger partial charge in [-0.15, -0.1) is 0 Å². The summed E-state index contributed by atoms with van der Waals surface area (Å²) >= 11 is 0. The highest BCUT2D eigenvalue weighted by molar-refractivity contribution is 6.01. The molecule has 0 aliphatic heterocycles. The number of carbonyl (C=O) groups excluding carboxylic acids is 2. The zero-order valence-corrected chi connectivity index (χ0v) is 26.1. The number of amides is 2. The van der Waals surface area contributed by atoms with Gasteiger partial charge in [0, 0.05) is 55.0 Å². The summed E-state index contributed by atoms with van der Waals surface area (Å²) in [5, 5.41) is 4.45. The Morgan fingerprint density at radius 2 is 1.56 bits per heavy atom. The molecule has 4 aromatic rings. The van der Waals surface area contributed by atoms with Gasteiger partial charge in [0.25, 0.3) is 0 Å². The lowest BCUT2D eigenvalue weighted by molar-refractivity contribution is -0.146. The van der Waals surface area contributed by atoms with E-state index in [2.05, 4.69) is 67.5 Å².